The Kier molecular flexibility index (Phi) is 6.57. The lowest BCUT2D eigenvalue weighted by molar-refractivity contribution is -0.121. The lowest BCUT2D eigenvalue weighted by Crippen LogP contribution is -2.23. The topological polar surface area (TPSA) is 77.2 Å². The molecule has 0 aliphatic heterocycles. The first-order chi connectivity index (χ1) is 13.2. The Bertz CT molecular complexity index is 893. The highest BCUT2D eigenvalue weighted by Crippen LogP contribution is 2.19. The SMILES string of the molecule is COCc1ccccc1CNC(=O)CCc1nc(-c2ccc(Cl)cc2)no1. The third-order valence-electron chi connectivity index (χ3n) is 4.03. The largest absolute Gasteiger partial charge is 0.380 e. The quantitative estimate of drug-likeness (QED) is 0.638. The van der Waals surface area contributed by atoms with Crippen molar-refractivity contribution in [3.05, 3.63) is 70.6 Å². The van der Waals surface area contributed by atoms with Gasteiger partial charge in [0.05, 0.1) is 6.61 Å². The molecule has 0 spiro atoms. The summed E-state index contributed by atoms with van der Waals surface area (Å²) in [4.78, 5) is 16.4. The van der Waals surface area contributed by atoms with Gasteiger partial charge in [0.15, 0.2) is 0 Å². The molecule has 27 heavy (non-hydrogen) atoms. The number of ether oxygens (including phenoxy) is 1. The van der Waals surface area contributed by atoms with Gasteiger partial charge in [-0.1, -0.05) is 41.0 Å². The molecule has 0 saturated carbocycles. The van der Waals surface area contributed by atoms with Gasteiger partial charge in [-0.25, -0.2) is 0 Å². The van der Waals surface area contributed by atoms with Crippen LogP contribution in [0.3, 0.4) is 0 Å². The first-order valence-corrected chi connectivity index (χ1v) is 8.94. The van der Waals surface area contributed by atoms with E-state index in [1.807, 2.05) is 36.4 Å². The number of carbonyl (C=O) groups is 1. The Morgan fingerprint density at radius 1 is 1.15 bits per heavy atom. The first kappa shape index (κ1) is 19.1. The maximum Gasteiger partial charge on any atom is 0.227 e. The molecule has 0 fully saturated rings. The van der Waals surface area contributed by atoms with Gasteiger partial charge in [0.2, 0.25) is 17.6 Å². The van der Waals surface area contributed by atoms with E-state index >= 15 is 0 Å². The number of halogens is 1. The van der Waals surface area contributed by atoms with Crippen LogP contribution in [-0.4, -0.2) is 23.2 Å². The zero-order valence-electron chi connectivity index (χ0n) is 14.9. The lowest BCUT2D eigenvalue weighted by atomic mass is 10.1. The minimum absolute atomic E-state index is 0.0755. The van der Waals surface area contributed by atoms with Crippen LogP contribution in [-0.2, 0) is 29.1 Å². The lowest BCUT2D eigenvalue weighted by Gasteiger charge is -2.09. The van der Waals surface area contributed by atoms with Crippen molar-refractivity contribution in [1.82, 2.24) is 15.5 Å². The van der Waals surface area contributed by atoms with E-state index in [2.05, 4.69) is 15.5 Å². The number of aryl methyl sites for hydroxylation is 1. The van der Waals surface area contributed by atoms with Crippen molar-refractivity contribution >= 4 is 17.5 Å². The summed E-state index contributed by atoms with van der Waals surface area (Å²) in [6, 6.07) is 15.0. The molecular weight excluding hydrogens is 366 g/mol. The summed E-state index contributed by atoms with van der Waals surface area (Å²) in [6.45, 7) is 0.972. The summed E-state index contributed by atoms with van der Waals surface area (Å²) >= 11 is 5.87. The summed E-state index contributed by atoms with van der Waals surface area (Å²) < 4.78 is 10.4. The molecule has 0 bridgehead atoms. The summed E-state index contributed by atoms with van der Waals surface area (Å²) in [5.74, 6) is 0.832. The molecule has 0 aliphatic carbocycles. The summed E-state index contributed by atoms with van der Waals surface area (Å²) in [5, 5.41) is 7.50. The van der Waals surface area contributed by atoms with Gasteiger partial charge in [-0.15, -0.1) is 0 Å². The average Bonchev–Trinajstić information content (AvgIpc) is 3.15. The van der Waals surface area contributed by atoms with Gasteiger partial charge in [0.25, 0.3) is 0 Å². The van der Waals surface area contributed by atoms with Gasteiger partial charge < -0.3 is 14.6 Å². The summed E-state index contributed by atoms with van der Waals surface area (Å²) in [5.41, 5.74) is 2.91. The zero-order valence-corrected chi connectivity index (χ0v) is 15.7. The number of nitrogens with zero attached hydrogens (tertiary/aromatic N) is 2. The number of aromatic nitrogens is 2. The predicted octanol–water partition coefficient (Wildman–Crippen LogP) is 3.79. The Hall–Kier alpha value is -2.70. The van der Waals surface area contributed by atoms with Gasteiger partial charge in [-0.3, -0.25) is 4.79 Å². The Balaban J connectivity index is 1.50. The molecular formula is C20H20ClN3O3. The third kappa shape index (κ3) is 5.39. The molecule has 0 saturated heterocycles. The molecule has 1 heterocycles. The fourth-order valence-electron chi connectivity index (χ4n) is 2.60. The second-order valence-corrected chi connectivity index (χ2v) is 6.43. The second kappa shape index (κ2) is 9.30. The molecule has 1 N–H and O–H groups in total. The smallest absolute Gasteiger partial charge is 0.227 e. The van der Waals surface area contributed by atoms with Crippen LogP contribution in [0.4, 0.5) is 0 Å². The molecule has 0 aliphatic rings. The summed E-state index contributed by atoms with van der Waals surface area (Å²) in [6.07, 6.45) is 0.654. The van der Waals surface area contributed by atoms with Crippen LogP contribution in [0.5, 0.6) is 0 Å². The minimum atomic E-state index is -0.0755. The predicted molar refractivity (Wildman–Crippen MR) is 102 cm³/mol. The Morgan fingerprint density at radius 2 is 1.89 bits per heavy atom. The normalized spacial score (nSPS) is 10.7. The van der Waals surface area contributed by atoms with E-state index in [0.29, 0.717) is 36.3 Å². The number of rotatable bonds is 8. The molecule has 140 valence electrons. The van der Waals surface area contributed by atoms with Crippen molar-refractivity contribution in [2.75, 3.05) is 7.11 Å². The van der Waals surface area contributed by atoms with Crippen LogP contribution >= 0.6 is 11.6 Å². The minimum Gasteiger partial charge on any atom is -0.380 e. The van der Waals surface area contributed by atoms with Crippen LogP contribution in [0.15, 0.2) is 53.1 Å². The van der Waals surface area contributed by atoms with Crippen molar-refractivity contribution in [3.63, 3.8) is 0 Å². The Labute approximate surface area is 162 Å². The fraction of sp³-hybridized carbons (Fsp3) is 0.250. The molecule has 7 heteroatoms. The molecule has 3 aromatic rings. The van der Waals surface area contributed by atoms with Crippen LogP contribution < -0.4 is 5.32 Å². The maximum atomic E-state index is 12.1. The molecule has 1 aromatic heterocycles. The standard InChI is InChI=1S/C20H20ClN3O3/c1-26-13-16-5-3-2-4-15(16)12-22-18(25)10-11-19-23-20(24-27-19)14-6-8-17(21)9-7-14/h2-9H,10-13H2,1H3,(H,22,25). The second-order valence-electron chi connectivity index (χ2n) is 6.00. The first-order valence-electron chi connectivity index (χ1n) is 8.56. The number of methoxy groups -OCH3 is 1. The molecule has 3 rings (SSSR count). The highest BCUT2D eigenvalue weighted by atomic mass is 35.5. The third-order valence-corrected chi connectivity index (χ3v) is 4.28. The van der Waals surface area contributed by atoms with Crippen molar-refractivity contribution in [2.24, 2.45) is 0 Å². The van der Waals surface area contributed by atoms with Gasteiger partial charge >= 0.3 is 0 Å². The fourth-order valence-corrected chi connectivity index (χ4v) is 2.73. The highest BCUT2D eigenvalue weighted by Gasteiger charge is 2.11. The van der Waals surface area contributed by atoms with E-state index in [9.17, 15) is 4.79 Å². The van der Waals surface area contributed by atoms with Crippen LogP contribution in [0.1, 0.15) is 23.4 Å². The van der Waals surface area contributed by atoms with Crippen LogP contribution in [0.2, 0.25) is 5.02 Å². The van der Waals surface area contributed by atoms with Crippen molar-refractivity contribution in [1.29, 1.82) is 0 Å². The van der Waals surface area contributed by atoms with E-state index < -0.39 is 0 Å². The number of hydrogen-bond acceptors (Lipinski definition) is 5. The van der Waals surface area contributed by atoms with E-state index in [-0.39, 0.29) is 12.3 Å². The molecule has 6 nitrogen and oxygen atoms in total. The van der Waals surface area contributed by atoms with Gasteiger partial charge in [-0.05, 0) is 35.4 Å². The number of benzene rings is 2. The van der Waals surface area contributed by atoms with Gasteiger partial charge in [0.1, 0.15) is 0 Å². The molecule has 0 atom stereocenters. The number of nitrogens with one attached hydrogen (secondary N) is 1. The van der Waals surface area contributed by atoms with Crippen LogP contribution in [0, 0.1) is 0 Å². The highest BCUT2D eigenvalue weighted by molar-refractivity contribution is 6.30. The van der Waals surface area contributed by atoms with Crippen molar-refractivity contribution in [3.8, 4) is 11.4 Å². The maximum absolute atomic E-state index is 12.1. The van der Waals surface area contributed by atoms with E-state index in [1.54, 1.807) is 19.2 Å². The monoisotopic (exact) mass is 385 g/mol. The van der Waals surface area contributed by atoms with Crippen molar-refractivity contribution in [2.45, 2.75) is 26.0 Å². The van der Waals surface area contributed by atoms with E-state index in [0.717, 1.165) is 16.7 Å². The molecule has 0 radical (unpaired) electrons. The van der Waals surface area contributed by atoms with E-state index in [1.165, 1.54) is 0 Å². The molecule has 0 unspecified atom stereocenters. The zero-order chi connectivity index (χ0) is 19.1. The molecule has 2 aromatic carbocycles. The summed E-state index contributed by atoms with van der Waals surface area (Å²) in [7, 11) is 1.65. The number of amides is 1. The Morgan fingerprint density at radius 3 is 2.63 bits per heavy atom. The van der Waals surface area contributed by atoms with Crippen molar-refractivity contribution < 1.29 is 14.1 Å². The van der Waals surface area contributed by atoms with Crippen LogP contribution in [0.25, 0.3) is 11.4 Å². The van der Waals surface area contributed by atoms with Gasteiger partial charge in [0, 0.05) is 37.1 Å². The average molecular weight is 386 g/mol. The van der Waals surface area contributed by atoms with E-state index in [4.69, 9.17) is 20.9 Å². The van der Waals surface area contributed by atoms with Gasteiger partial charge in [-0.2, -0.15) is 4.98 Å². The molecule has 1 amide bonds. The number of hydrogen-bond donors (Lipinski definition) is 1. The number of carbonyl (C=O) groups excluding carboxylic acids is 1.